The topological polar surface area (TPSA) is 63.7 Å². The number of carbonyl (C=O) groups excluding carboxylic acids is 1. The second-order valence-electron chi connectivity index (χ2n) is 5.68. The molecular weight excluding hydrogens is 326 g/mol. The molecule has 1 unspecified atom stereocenters. The van der Waals surface area contributed by atoms with E-state index in [-0.39, 0.29) is 29.8 Å². The normalized spacial score (nSPS) is 19.9. The summed E-state index contributed by atoms with van der Waals surface area (Å²) in [5.41, 5.74) is 0.824. The Morgan fingerprint density at radius 2 is 2.18 bits per heavy atom. The van der Waals surface area contributed by atoms with Crippen LogP contribution in [-0.4, -0.2) is 44.9 Å². The van der Waals surface area contributed by atoms with Crippen molar-refractivity contribution < 1.29 is 17.9 Å². The van der Waals surface area contributed by atoms with Gasteiger partial charge in [-0.3, -0.25) is 4.79 Å². The Morgan fingerprint density at radius 3 is 2.77 bits per heavy atom. The fraction of sp³-hybridized carbons (Fsp3) is 0.533. The number of hydrogen-bond donors (Lipinski definition) is 0. The number of carbonyl (C=O) groups is 1. The fourth-order valence-electron chi connectivity index (χ4n) is 2.65. The Morgan fingerprint density at radius 1 is 1.45 bits per heavy atom. The van der Waals surface area contributed by atoms with E-state index >= 15 is 0 Å². The molecule has 122 valence electrons. The molecule has 0 aliphatic carbocycles. The molecule has 0 N–H and O–H groups in total. The lowest BCUT2D eigenvalue weighted by molar-refractivity contribution is -0.131. The molecule has 2 rings (SSSR count). The lowest BCUT2D eigenvalue weighted by atomic mass is 10.0. The molecule has 1 aliphatic heterocycles. The maximum atomic E-state index is 12.3. The fourth-order valence-corrected chi connectivity index (χ4v) is 4.71. The molecule has 7 heteroatoms. The number of amides is 1. The minimum atomic E-state index is -2.95. The number of hydrogen-bond acceptors (Lipinski definition) is 4. The van der Waals surface area contributed by atoms with Gasteiger partial charge in [0.15, 0.2) is 9.84 Å². The van der Waals surface area contributed by atoms with E-state index in [0.717, 1.165) is 5.56 Å². The van der Waals surface area contributed by atoms with Crippen LogP contribution < -0.4 is 4.74 Å². The summed E-state index contributed by atoms with van der Waals surface area (Å²) in [5, 5.41) is 0.582. The van der Waals surface area contributed by atoms with Crippen LogP contribution in [0.2, 0.25) is 5.02 Å². The van der Waals surface area contributed by atoms with Crippen molar-refractivity contribution in [1.82, 2.24) is 4.90 Å². The summed E-state index contributed by atoms with van der Waals surface area (Å²) in [6.07, 6.45) is 0.834. The summed E-state index contributed by atoms with van der Waals surface area (Å²) in [6.45, 7) is 0.377. The van der Waals surface area contributed by atoms with E-state index in [9.17, 15) is 13.2 Å². The van der Waals surface area contributed by atoms with E-state index in [1.807, 2.05) is 0 Å². The molecule has 1 aliphatic rings. The standard InChI is InChI=1S/C15H20ClNO4S/c1-17(9-12-8-13(16)3-4-14(12)21-2)15(18)7-11-5-6-22(19,20)10-11/h3-4,8,11H,5-7,9-10H2,1-2H3. The second-order valence-corrected chi connectivity index (χ2v) is 8.34. The highest BCUT2D eigenvalue weighted by molar-refractivity contribution is 7.91. The Kier molecular flexibility index (Phi) is 5.34. The van der Waals surface area contributed by atoms with Crippen LogP contribution in [-0.2, 0) is 21.2 Å². The Balaban J connectivity index is 1.98. The average Bonchev–Trinajstić information content (AvgIpc) is 2.78. The largest absolute Gasteiger partial charge is 0.496 e. The van der Waals surface area contributed by atoms with Gasteiger partial charge >= 0.3 is 0 Å². The monoisotopic (exact) mass is 345 g/mol. The highest BCUT2D eigenvalue weighted by Crippen LogP contribution is 2.25. The van der Waals surface area contributed by atoms with Crippen molar-refractivity contribution in [3.05, 3.63) is 28.8 Å². The molecule has 1 saturated heterocycles. The van der Waals surface area contributed by atoms with Gasteiger partial charge in [0.25, 0.3) is 0 Å². The van der Waals surface area contributed by atoms with Crippen LogP contribution in [0.15, 0.2) is 18.2 Å². The maximum absolute atomic E-state index is 12.3. The molecule has 1 aromatic carbocycles. The quantitative estimate of drug-likeness (QED) is 0.820. The number of rotatable bonds is 5. The highest BCUT2D eigenvalue weighted by atomic mass is 35.5. The van der Waals surface area contributed by atoms with Crippen molar-refractivity contribution in [2.45, 2.75) is 19.4 Å². The van der Waals surface area contributed by atoms with Gasteiger partial charge in [-0.05, 0) is 30.5 Å². The van der Waals surface area contributed by atoms with Crippen LogP contribution >= 0.6 is 11.6 Å². The average molecular weight is 346 g/mol. The van der Waals surface area contributed by atoms with E-state index in [4.69, 9.17) is 16.3 Å². The Bertz CT molecular complexity index is 660. The Hall–Kier alpha value is -1.27. The number of benzene rings is 1. The number of methoxy groups -OCH3 is 1. The van der Waals surface area contributed by atoms with Crippen molar-refractivity contribution in [3.63, 3.8) is 0 Å². The maximum Gasteiger partial charge on any atom is 0.222 e. The van der Waals surface area contributed by atoms with Crippen LogP contribution in [0, 0.1) is 5.92 Å². The van der Waals surface area contributed by atoms with Gasteiger partial charge in [-0.2, -0.15) is 0 Å². The smallest absolute Gasteiger partial charge is 0.222 e. The molecule has 22 heavy (non-hydrogen) atoms. The zero-order valence-electron chi connectivity index (χ0n) is 12.7. The van der Waals surface area contributed by atoms with Crippen molar-refractivity contribution in [2.75, 3.05) is 25.7 Å². The molecule has 1 aromatic rings. The summed E-state index contributed by atoms with van der Waals surface area (Å²) in [5.74, 6) is 0.849. The third kappa shape index (κ3) is 4.36. The van der Waals surface area contributed by atoms with Crippen LogP contribution in [0.3, 0.4) is 0 Å². The third-order valence-electron chi connectivity index (χ3n) is 3.87. The summed E-state index contributed by atoms with van der Waals surface area (Å²) in [6, 6.07) is 5.26. The predicted molar refractivity (Wildman–Crippen MR) is 85.9 cm³/mol. The minimum absolute atomic E-state index is 0.0656. The van der Waals surface area contributed by atoms with Crippen molar-refractivity contribution in [2.24, 2.45) is 5.92 Å². The summed E-state index contributed by atoms with van der Waals surface area (Å²) < 4.78 is 28.2. The SMILES string of the molecule is COc1ccc(Cl)cc1CN(C)C(=O)CC1CCS(=O)(=O)C1. The van der Waals surface area contributed by atoms with Crippen LogP contribution in [0.5, 0.6) is 5.75 Å². The second kappa shape index (κ2) is 6.87. The molecule has 5 nitrogen and oxygen atoms in total. The van der Waals surface area contributed by atoms with Gasteiger partial charge in [-0.25, -0.2) is 8.42 Å². The van der Waals surface area contributed by atoms with Gasteiger partial charge in [0, 0.05) is 30.6 Å². The molecule has 1 atom stereocenters. The van der Waals surface area contributed by atoms with Gasteiger partial charge in [-0.1, -0.05) is 11.6 Å². The minimum Gasteiger partial charge on any atom is -0.496 e. The lowest BCUT2D eigenvalue weighted by Gasteiger charge is -2.20. The number of halogens is 1. The van der Waals surface area contributed by atoms with Gasteiger partial charge < -0.3 is 9.64 Å². The molecule has 1 fully saturated rings. The van der Waals surface area contributed by atoms with Crippen molar-refractivity contribution in [3.8, 4) is 5.75 Å². The number of sulfone groups is 1. The summed E-state index contributed by atoms with van der Waals surface area (Å²) in [4.78, 5) is 13.8. The van der Waals surface area contributed by atoms with E-state index in [1.165, 1.54) is 0 Å². The van der Waals surface area contributed by atoms with Gasteiger partial charge in [0.05, 0.1) is 18.6 Å². The first-order valence-electron chi connectivity index (χ1n) is 7.07. The van der Waals surface area contributed by atoms with Crippen molar-refractivity contribution in [1.29, 1.82) is 0 Å². The van der Waals surface area contributed by atoms with Gasteiger partial charge in [0.2, 0.25) is 5.91 Å². The van der Waals surface area contributed by atoms with Crippen LogP contribution in [0.25, 0.3) is 0 Å². The molecule has 0 bridgehead atoms. The zero-order valence-corrected chi connectivity index (χ0v) is 14.3. The molecule has 0 saturated carbocycles. The Labute approximate surface area is 136 Å². The van der Waals surface area contributed by atoms with Gasteiger partial charge in [-0.15, -0.1) is 0 Å². The molecular formula is C15H20ClNO4S. The van der Waals surface area contributed by atoms with E-state index in [2.05, 4.69) is 0 Å². The number of nitrogens with zero attached hydrogens (tertiary/aromatic N) is 1. The molecule has 0 spiro atoms. The van der Waals surface area contributed by atoms with Crippen molar-refractivity contribution >= 4 is 27.3 Å². The molecule has 1 heterocycles. The predicted octanol–water partition coefficient (Wildman–Crippen LogP) is 2.13. The first-order valence-corrected chi connectivity index (χ1v) is 9.27. The van der Waals surface area contributed by atoms with Gasteiger partial charge in [0.1, 0.15) is 5.75 Å². The molecule has 0 radical (unpaired) electrons. The number of ether oxygens (including phenoxy) is 1. The summed E-state index contributed by atoms with van der Waals surface area (Å²) in [7, 11) is 0.318. The third-order valence-corrected chi connectivity index (χ3v) is 5.94. The van der Waals surface area contributed by atoms with Crippen LogP contribution in [0.4, 0.5) is 0 Å². The van der Waals surface area contributed by atoms with Crippen LogP contribution in [0.1, 0.15) is 18.4 Å². The lowest BCUT2D eigenvalue weighted by Crippen LogP contribution is -2.28. The van der Waals surface area contributed by atoms with E-state index in [1.54, 1.807) is 37.3 Å². The summed E-state index contributed by atoms with van der Waals surface area (Å²) >= 11 is 5.98. The molecule has 0 aromatic heterocycles. The zero-order chi connectivity index (χ0) is 16.3. The highest BCUT2D eigenvalue weighted by Gasteiger charge is 2.30. The van der Waals surface area contributed by atoms with E-state index < -0.39 is 9.84 Å². The van der Waals surface area contributed by atoms with E-state index in [0.29, 0.717) is 23.7 Å². The molecule has 1 amide bonds. The first kappa shape index (κ1) is 17.1. The first-order chi connectivity index (χ1) is 10.3.